The Labute approximate surface area is 175 Å². The van der Waals surface area contributed by atoms with Gasteiger partial charge in [-0.25, -0.2) is 4.79 Å². The molecular formula is C24H16N2O3S. The monoisotopic (exact) mass is 412 g/mol. The first kappa shape index (κ1) is 18.3. The SMILES string of the molecule is O=C(OCc1ccccn1)c1cc(-c2ccccc2)c(=O)n2ccc3ccsc3c12. The Morgan fingerprint density at radius 2 is 1.87 bits per heavy atom. The lowest BCUT2D eigenvalue weighted by Crippen LogP contribution is -2.19. The first-order chi connectivity index (χ1) is 14.7. The molecule has 0 saturated carbocycles. The van der Waals surface area contributed by atoms with Crippen LogP contribution in [0.4, 0.5) is 0 Å². The van der Waals surface area contributed by atoms with Crippen LogP contribution in [0.2, 0.25) is 0 Å². The zero-order chi connectivity index (χ0) is 20.5. The molecule has 0 aliphatic rings. The molecule has 0 bridgehead atoms. The van der Waals surface area contributed by atoms with Crippen LogP contribution in [0.5, 0.6) is 0 Å². The number of hydrogen-bond donors (Lipinski definition) is 0. The molecule has 0 atom stereocenters. The number of aromatic nitrogens is 2. The zero-order valence-corrected chi connectivity index (χ0v) is 16.6. The fourth-order valence-corrected chi connectivity index (χ4v) is 4.43. The van der Waals surface area contributed by atoms with Crippen molar-refractivity contribution >= 4 is 32.9 Å². The van der Waals surface area contributed by atoms with E-state index in [-0.39, 0.29) is 12.2 Å². The summed E-state index contributed by atoms with van der Waals surface area (Å²) in [5, 5.41) is 2.93. The van der Waals surface area contributed by atoms with Crippen LogP contribution in [-0.2, 0) is 11.3 Å². The number of nitrogens with zero attached hydrogens (tertiary/aromatic N) is 2. The molecule has 0 fully saturated rings. The molecule has 4 aromatic heterocycles. The van der Waals surface area contributed by atoms with Gasteiger partial charge in [0.2, 0.25) is 0 Å². The minimum Gasteiger partial charge on any atom is -0.456 e. The highest BCUT2D eigenvalue weighted by Gasteiger charge is 2.20. The molecule has 5 rings (SSSR count). The molecule has 0 spiro atoms. The van der Waals surface area contributed by atoms with Crippen LogP contribution >= 0.6 is 11.3 Å². The summed E-state index contributed by atoms with van der Waals surface area (Å²) in [4.78, 5) is 30.6. The average molecular weight is 412 g/mol. The molecule has 0 aliphatic heterocycles. The molecule has 1 aromatic carbocycles. The minimum absolute atomic E-state index is 0.0616. The molecule has 30 heavy (non-hydrogen) atoms. The van der Waals surface area contributed by atoms with E-state index in [4.69, 9.17) is 4.74 Å². The highest BCUT2D eigenvalue weighted by Crippen LogP contribution is 2.29. The van der Waals surface area contributed by atoms with E-state index in [1.54, 1.807) is 28.9 Å². The highest BCUT2D eigenvalue weighted by atomic mass is 32.1. The number of ether oxygens (including phenoxy) is 1. The van der Waals surface area contributed by atoms with Gasteiger partial charge < -0.3 is 4.74 Å². The van der Waals surface area contributed by atoms with Gasteiger partial charge in [-0.15, -0.1) is 11.3 Å². The number of fused-ring (bicyclic) bond motifs is 3. The summed E-state index contributed by atoms with van der Waals surface area (Å²) < 4.78 is 7.98. The third-order valence-electron chi connectivity index (χ3n) is 4.93. The van der Waals surface area contributed by atoms with Crippen molar-refractivity contribution < 1.29 is 9.53 Å². The lowest BCUT2D eigenvalue weighted by Gasteiger charge is -2.12. The van der Waals surface area contributed by atoms with Crippen molar-refractivity contribution in [1.29, 1.82) is 0 Å². The predicted octanol–water partition coefficient (Wildman–Crippen LogP) is 4.93. The molecule has 6 heteroatoms. The van der Waals surface area contributed by atoms with E-state index in [1.807, 2.05) is 60.0 Å². The Kier molecular flexibility index (Phi) is 4.61. The van der Waals surface area contributed by atoms with E-state index >= 15 is 0 Å². The van der Waals surface area contributed by atoms with Crippen molar-refractivity contribution in [1.82, 2.24) is 9.38 Å². The summed E-state index contributed by atoms with van der Waals surface area (Å²) in [6.07, 6.45) is 3.37. The molecule has 4 heterocycles. The Morgan fingerprint density at radius 1 is 1.03 bits per heavy atom. The fourth-order valence-electron chi connectivity index (χ4n) is 3.49. The van der Waals surface area contributed by atoms with Gasteiger partial charge in [-0.05, 0) is 46.7 Å². The van der Waals surface area contributed by atoms with Crippen LogP contribution in [0.15, 0.2) is 89.3 Å². The van der Waals surface area contributed by atoms with Gasteiger partial charge >= 0.3 is 5.97 Å². The molecule has 0 saturated heterocycles. The number of rotatable bonds is 4. The summed E-state index contributed by atoms with van der Waals surface area (Å²) in [6.45, 7) is 0.0616. The van der Waals surface area contributed by atoms with E-state index < -0.39 is 5.97 Å². The van der Waals surface area contributed by atoms with E-state index in [9.17, 15) is 9.59 Å². The fraction of sp³-hybridized carbons (Fsp3) is 0.0417. The van der Waals surface area contributed by atoms with Gasteiger partial charge in [0.25, 0.3) is 5.56 Å². The summed E-state index contributed by atoms with van der Waals surface area (Å²) in [5.74, 6) is -0.490. The third kappa shape index (κ3) is 3.17. The summed E-state index contributed by atoms with van der Waals surface area (Å²) in [5.41, 5.74) is 2.62. The van der Waals surface area contributed by atoms with Crippen molar-refractivity contribution in [2.24, 2.45) is 0 Å². The number of carbonyl (C=O) groups is 1. The number of pyridine rings is 3. The third-order valence-corrected chi connectivity index (χ3v) is 5.87. The van der Waals surface area contributed by atoms with E-state index in [0.29, 0.717) is 22.3 Å². The largest absolute Gasteiger partial charge is 0.456 e. The standard InChI is InChI=1S/C24H16N2O3S/c27-23-19(16-6-2-1-3-7-16)14-20(24(28)29-15-18-8-4-5-11-25-18)21-22-17(10-13-30-22)9-12-26(21)23/h1-14H,15H2. The van der Waals surface area contributed by atoms with Gasteiger partial charge in [-0.3, -0.25) is 14.2 Å². The second-order valence-corrected chi connectivity index (χ2v) is 7.70. The van der Waals surface area contributed by atoms with Crippen LogP contribution in [0.3, 0.4) is 0 Å². The average Bonchev–Trinajstić information content (AvgIpc) is 3.28. The lowest BCUT2D eigenvalue weighted by molar-refractivity contribution is 0.0469. The molecule has 146 valence electrons. The molecule has 0 unspecified atom stereocenters. The van der Waals surface area contributed by atoms with Gasteiger partial charge in [-0.1, -0.05) is 36.4 Å². The molecular weight excluding hydrogens is 396 g/mol. The smallest absolute Gasteiger partial charge is 0.340 e. The van der Waals surface area contributed by atoms with Gasteiger partial charge in [-0.2, -0.15) is 0 Å². The van der Waals surface area contributed by atoms with Gasteiger partial charge in [0.15, 0.2) is 0 Å². The molecule has 0 aliphatic carbocycles. The first-order valence-electron chi connectivity index (χ1n) is 9.40. The van der Waals surface area contributed by atoms with Gasteiger partial charge in [0, 0.05) is 18.0 Å². The first-order valence-corrected chi connectivity index (χ1v) is 10.3. The molecule has 0 radical (unpaired) electrons. The van der Waals surface area contributed by atoms with Gasteiger partial charge in [0.05, 0.1) is 21.5 Å². The van der Waals surface area contributed by atoms with Gasteiger partial charge in [0.1, 0.15) is 6.61 Å². The quantitative estimate of drug-likeness (QED) is 0.393. The van der Waals surface area contributed by atoms with Crippen LogP contribution < -0.4 is 5.56 Å². The number of benzene rings is 1. The molecule has 5 aromatic rings. The van der Waals surface area contributed by atoms with Crippen LogP contribution in [0, 0.1) is 0 Å². The second-order valence-electron chi connectivity index (χ2n) is 6.78. The summed E-state index contributed by atoms with van der Waals surface area (Å²) >= 11 is 1.49. The highest BCUT2D eigenvalue weighted by molar-refractivity contribution is 7.18. The zero-order valence-electron chi connectivity index (χ0n) is 15.8. The number of carbonyl (C=O) groups excluding carboxylic acids is 1. The minimum atomic E-state index is -0.490. The van der Waals surface area contributed by atoms with E-state index in [1.165, 1.54) is 11.3 Å². The Morgan fingerprint density at radius 3 is 2.67 bits per heavy atom. The second kappa shape index (κ2) is 7.57. The van der Waals surface area contributed by atoms with E-state index in [2.05, 4.69) is 4.98 Å². The van der Waals surface area contributed by atoms with Crippen molar-refractivity contribution in [2.45, 2.75) is 6.61 Å². The Bertz CT molecular complexity index is 1420. The Hall–Kier alpha value is -3.77. The lowest BCUT2D eigenvalue weighted by atomic mass is 10.0. The summed E-state index contributed by atoms with van der Waals surface area (Å²) in [7, 11) is 0. The van der Waals surface area contributed by atoms with Crippen LogP contribution in [0.25, 0.3) is 26.7 Å². The van der Waals surface area contributed by atoms with Crippen molar-refractivity contribution in [3.63, 3.8) is 0 Å². The topological polar surface area (TPSA) is 60.7 Å². The maximum absolute atomic E-state index is 13.3. The molecule has 0 amide bonds. The van der Waals surface area contributed by atoms with E-state index in [0.717, 1.165) is 15.6 Å². The Balaban J connectivity index is 1.70. The van der Waals surface area contributed by atoms with Crippen molar-refractivity contribution in [3.8, 4) is 11.1 Å². The maximum atomic E-state index is 13.3. The molecule has 5 nitrogen and oxygen atoms in total. The summed E-state index contributed by atoms with van der Waals surface area (Å²) in [6, 6.07) is 20.3. The maximum Gasteiger partial charge on any atom is 0.340 e. The number of hydrogen-bond acceptors (Lipinski definition) is 5. The van der Waals surface area contributed by atoms with Crippen molar-refractivity contribution in [2.75, 3.05) is 0 Å². The number of thiophene rings is 1. The van der Waals surface area contributed by atoms with Crippen LogP contribution in [-0.4, -0.2) is 15.4 Å². The number of esters is 1. The molecule has 0 N–H and O–H groups in total. The normalized spacial score (nSPS) is 11.1. The van der Waals surface area contributed by atoms with Crippen LogP contribution in [0.1, 0.15) is 16.1 Å². The predicted molar refractivity (Wildman–Crippen MR) is 118 cm³/mol. The van der Waals surface area contributed by atoms with Crippen molar-refractivity contribution in [3.05, 3.63) is 106 Å².